The first kappa shape index (κ1) is 10.4. The highest BCUT2D eigenvalue weighted by atomic mass is 79.9. The van der Waals surface area contributed by atoms with Crippen LogP contribution in [0, 0.1) is 6.92 Å². The highest BCUT2D eigenvalue weighted by Crippen LogP contribution is 2.28. The fraction of sp³-hybridized carbons (Fsp3) is 0.182. The first-order valence-electron chi connectivity index (χ1n) is 4.54. The van der Waals surface area contributed by atoms with Gasteiger partial charge in [0.15, 0.2) is 5.76 Å². The monoisotopic (exact) mass is 267 g/mol. The van der Waals surface area contributed by atoms with Crippen LogP contribution in [0.15, 0.2) is 33.2 Å². The molecule has 0 saturated heterocycles. The predicted molar refractivity (Wildman–Crippen MR) is 60.3 cm³/mol. The van der Waals surface area contributed by atoms with Gasteiger partial charge in [-0.05, 0) is 35.0 Å². The van der Waals surface area contributed by atoms with Gasteiger partial charge in [-0.25, -0.2) is 4.98 Å². The second-order valence-corrected chi connectivity index (χ2v) is 4.02. The molecule has 0 spiro atoms. The van der Waals surface area contributed by atoms with Gasteiger partial charge in [0.25, 0.3) is 0 Å². The summed E-state index contributed by atoms with van der Waals surface area (Å²) in [6.45, 7) is 1.69. The van der Waals surface area contributed by atoms with Crippen molar-refractivity contribution in [1.29, 1.82) is 0 Å². The Hall–Kier alpha value is -1.13. The summed E-state index contributed by atoms with van der Waals surface area (Å²) in [7, 11) is 0. The quantitative estimate of drug-likeness (QED) is 0.910. The molecule has 0 aliphatic heterocycles. The van der Waals surface area contributed by atoms with E-state index in [1.165, 1.54) is 0 Å². The van der Waals surface area contributed by atoms with Crippen LogP contribution < -0.4 is 0 Å². The van der Waals surface area contributed by atoms with Crippen LogP contribution in [-0.4, -0.2) is 10.1 Å². The lowest BCUT2D eigenvalue weighted by atomic mass is 10.2. The molecule has 0 fully saturated rings. The predicted octanol–water partition coefficient (Wildman–Crippen LogP) is 2.90. The van der Waals surface area contributed by atoms with Crippen LogP contribution in [0.2, 0.25) is 0 Å². The lowest BCUT2D eigenvalue weighted by Crippen LogP contribution is -1.81. The molecule has 1 aromatic heterocycles. The lowest BCUT2D eigenvalue weighted by Gasteiger charge is -1.97. The molecule has 1 heterocycles. The first-order chi connectivity index (χ1) is 7.22. The van der Waals surface area contributed by atoms with E-state index in [2.05, 4.69) is 20.9 Å². The minimum absolute atomic E-state index is 0.122. The molecule has 3 nitrogen and oxygen atoms in total. The maximum atomic E-state index is 9.00. The summed E-state index contributed by atoms with van der Waals surface area (Å²) in [6.07, 6.45) is 0. The third-order valence-electron chi connectivity index (χ3n) is 2.14. The average molecular weight is 268 g/mol. The van der Waals surface area contributed by atoms with Gasteiger partial charge in [0.05, 0.1) is 11.3 Å². The molecule has 2 rings (SSSR count). The zero-order chi connectivity index (χ0) is 10.8. The van der Waals surface area contributed by atoms with Gasteiger partial charge in [0.1, 0.15) is 6.61 Å². The van der Waals surface area contributed by atoms with Crippen LogP contribution in [0.3, 0.4) is 0 Å². The van der Waals surface area contributed by atoms with E-state index in [0.29, 0.717) is 11.7 Å². The van der Waals surface area contributed by atoms with E-state index in [0.717, 1.165) is 15.7 Å². The number of benzene rings is 1. The van der Waals surface area contributed by atoms with Crippen LogP contribution in [0.25, 0.3) is 11.5 Å². The fourth-order valence-corrected chi connectivity index (χ4v) is 1.78. The summed E-state index contributed by atoms with van der Waals surface area (Å²) >= 11 is 3.43. The number of aliphatic hydroxyl groups excluding tert-OH is 1. The van der Waals surface area contributed by atoms with E-state index in [1.54, 1.807) is 0 Å². The third kappa shape index (κ3) is 1.96. The van der Waals surface area contributed by atoms with Crippen LogP contribution in [0.5, 0.6) is 0 Å². The number of aryl methyl sites for hydroxylation is 1. The number of hydrogen-bond donors (Lipinski definition) is 1. The van der Waals surface area contributed by atoms with Crippen molar-refractivity contribution in [2.45, 2.75) is 13.5 Å². The molecule has 15 heavy (non-hydrogen) atoms. The van der Waals surface area contributed by atoms with E-state index in [9.17, 15) is 0 Å². The van der Waals surface area contributed by atoms with E-state index in [1.807, 2.05) is 31.2 Å². The number of rotatable bonds is 2. The zero-order valence-corrected chi connectivity index (χ0v) is 9.78. The highest BCUT2D eigenvalue weighted by molar-refractivity contribution is 9.10. The van der Waals surface area contributed by atoms with Crippen LogP contribution in [0.4, 0.5) is 0 Å². The summed E-state index contributed by atoms with van der Waals surface area (Å²) < 4.78 is 6.37. The maximum Gasteiger partial charge on any atom is 0.227 e. The van der Waals surface area contributed by atoms with E-state index >= 15 is 0 Å². The average Bonchev–Trinajstić information content (AvgIpc) is 2.60. The van der Waals surface area contributed by atoms with Gasteiger partial charge in [-0.3, -0.25) is 0 Å². The number of hydrogen-bond acceptors (Lipinski definition) is 3. The van der Waals surface area contributed by atoms with Crippen molar-refractivity contribution in [3.63, 3.8) is 0 Å². The molecule has 1 N–H and O–H groups in total. The first-order valence-corrected chi connectivity index (χ1v) is 5.33. The molecule has 0 radical (unpaired) electrons. The Morgan fingerprint density at radius 1 is 1.40 bits per heavy atom. The molecule has 0 unspecified atom stereocenters. The maximum absolute atomic E-state index is 9.00. The molecule has 0 aliphatic rings. The van der Waals surface area contributed by atoms with Crippen molar-refractivity contribution in [3.05, 3.63) is 40.2 Å². The number of halogens is 1. The molecular weight excluding hydrogens is 258 g/mol. The molecule has 0 aliphatic carbocycles. The summed E-state index contributed by atoms with van der Waals surface area (Å²) in [4.78, 5) is 4.26. The van der Waals surface area contributed by atoms with Gasteiger partial charge in [-0.2, -0.15) is 0 Å². The number of aliphatic hydroxyl groups is 1. The second-order valence-electron chi connectivity index (χ2n) is 3.17. The Kier molecular flexibility index (Phi) is 2.88. The summed E-state index contributed by atoms with van der Waals surface area (Å²) in [5.41, 5.74) is 1.61. The molecule has 1 aromatic carbocycles. The van der Waals surface area contributed by atoms with Crippen molar-refractivity contribution in [2.75, 3.05) is 0 Å². The molecule has 78 valence electrons. The number of nitrogens with zero attached hydrogens (tertiary/aromatic N) is 1. The van der Waals surface area contributed by atoms with Crippen LogP contribution in [0.1, 0.15) is 11.5 Å². The lowest BCUT2D eigenvalue weighted by molar-refractivity contribution is 0.247. The number of aromatic nitrogens is 1. The van der Waals surface area contributed by atoms with Gasteiger partial charge in [-0.15, -0.1) is 0 Å². The minimum atomic E-state index is -0.122. The van der Waals surface area contributed by atoms with Gasteiger partial charge in [-0.1, -0.05) is 12.1 Å². The van der Waals surface area contributed by atoms with Crippen molar-refractivity contribution in [3.8, 4) is 11.5 Å². The SMILES string of the molecule is Cc1nc(-c2ccccc2Br)oc1CO. The highest BCUT2D eigenvalue weighted by Gasteiger charge is 2.12. The van der Waals surface area contributed by atoms with E-state index in [4.69, 9.17) is 9.52 Å². The summed E-state index contributed by atoms with van der Waals surface area (Å²) in [6, 6.07) is 7.68. The zero-order valence-electron chi connectivity index (χ0n) is 8.20. The van der Waals surface area contributed by atoms with Crippen molar-refractivity contribution in [2.24, 2.45) is 0 Å². The molecule has 0 saturated carbocycles. The van der Waals surface area contributed by atoms with E-state index < -0.39 is 0 Å². The Labute approximate surface area is 95.9 Å². The van der Waals surface area contributed by atoms with Crippen molar-refractivity contribution < 1.29 is 9.52 Å². The normalized spacial score (nSPS) is 10.6. The van der Waals surface area contributed by atoms with Crippen LogP contribution >= 0.6 is 15.9 Å². The largest absolute Gasteiger partial charge is 0.438 e. The van der Waals surface area contributed by atoms with Crippen molar-refractivity contribution in [1.82, 2.24) is 4.98 Å². The van der Waals surface area contributed by atoms with E-state index in [-0.39, 0.29) is 6.61 Å². The van der Waals surface area contributed by atoms with Gasteiger partial charge < -0.3 is 9.52 Å². The molecule has 0 amide bonds. The van der Waals surface area contributed by atoms with Gasteiger partial charge in [0.2, 0.25) is 5.89 Å². The Morgan fingerprint density at radius 2 is 2.13 bits per heavy atom. The van der Waals surface area contributed by atoms with Crippen molar-refractivity contribution >= 4 is 15.9 Å². The minimum Gasteiger partial charge on any atom is -0.438 e. The smallest absolute Gasteiger partial charge is 0.227 e. The molecule has 2 aromatic rings. The number of oxazole rings is 1. The van der Waals surface area contributed by atoms with Gasteiger partial charge in [0, 0.05) is 4.47 Å². The Balaban J connectivity index is 2.50. The fourth-order valence-electron chi connectivity index (χ4n) is 1.32. The Bertz CT molecular complexity index is 479. The summed E-state index contributed by atoms with van der Waals surface area (Å²) in [5.74, 6) is 1.05. The standard InChI is InChI=1S/C11H10BrNO2/c1-7-10(6-14)15-11(13-7)8-4-2-3-5-9(8)12/h2-5,14H,6H2,1H3. The van der Waals surface area contributed by atoms with Crippen LogP contribution in [-0.2, 0) is 6.61 Å². The Morgan fingerprint density at radius 3 is 2.73 bits per heavy atom. The summed E-state index contributed by atoms with van der Waals surface area (Å²) in [5, 5.41) is 9.00. The topological polar surface area (TPSA) is 46.3 Å². The molecule has 4 heteroatoms. The molecular formula is C11H10BrNO2. The molecule has 0 atom stereocenters. The molecule has 0 bridgehead atoms. The van der Waals surface area contributed by atoms with Gasteiger partial charge >= 0.3 is 0 Å². The second kappa shape index (κ2) is 4.16. The third-order valence-corrected chi connectivity index (χ3v) is 2.83.